The molecule has 0 aliphatic rings. The van der Waals surface area contributed by atoms with E-state index in [0.717, 1.165) is 28.9 Å². The van der Waals surface area contributed by atoms with Crippen LogP contribution < -0.4 is 10.9 Å². The lowest BCUT2D eigenvalue weighted by molar-refractivity contribution is 0.234. The highest BCUT2D eigenvalue weighted by atomic mass is 32.1. The Morgan fingerprint density at radius 1 is 1.20 bits per heavy atom. The first kappa shape index (κ1) is 25.5. The van der Waals surface area contributed by atoms with Crippen molar-refractivity contribution in [2.45, 2.75) is 48.0 Å². The van der Waals surface area contributed by atoms with Gasteiger partial charge in [0.25, 0.3) is 5.56 Å². The molecule has 0 aromatic carbocycles. The molecule has 1 N–H and O–H groups in total. The van der Waals surface area contributed by atoms with Gasteiger partial charge in [0, 0.05) is 19.4 Å². The maximum atomic E-state index is 13.1. The number of ether oxygens (including phenoxy) is 1. The average Bonchev–Trinajstić information content (AvgIpc) is 3.17. The summed E-state index contributed by atoms with van der Waals surface area (Å²) in [4.78, 5) is 27.0. The minimum atomic E-state index is -0.109. The number of thiophene rings is 1. The van der Waals surface area contributed by atoms with Gasteiger partial charge in [-0.2, -0.15) is 0 Å². The fraction of sp³-hybridized carbons (Fsp3) is 0.455. The van der Waals surface area contributed by atoms with E-state index in [4.69, 9.17) is 4.74 Å². The molecule has 0 spiro atoms. The first-order valence-electron chi connectivity index (χ1n) is 10.5. The number of hydrogen-bond acceptors (Lipinski definition) is 7. The van der Waals surface area contributed by atoms with E-state index in [1.165, 1.54) is 17.7 Å². The molecule has 0 bridgehead atoms. The normalized spacial score (nSPS) is 11.2. The number of aromatic nitrogens is 4. The highest BCUT2D eigenvalue weighted by Gasteiger charge is 2.16. The fourth-order valence-electron chi connectivity index (χ4n) is 2.67. The van der Waals surface area contributed by atoms with Gasteiger partial charge < -0.3 is 10.1 Å². The first-order chi connectivity index (χ1) is 14.7. The number of rotatable bonds is 7. The molecule has 7 nitrogen and oxygen atoms in total. The van der Waals surface area contributed by atoms with E-state index < -0.39 is 0 Å². The summed E-state index contributed by atoms with van der Waals surface area (Å²) in [6, 6.07) is 0. The standard InChI is InChI=1S/C18H21N5O2S.2C2H6/c1-4-7-12(8-6-9-25-3)23-11-22-14-13-16(19-5-2)20-10-21-17(13)26-15(14)18(23)24;2*1-2/h6-8,10-11H,4-5,9H2,1-3H3,(H,19,20,21);2*1-2H3/b8-6-,12-7+;;. The second-order valence-corrected chi connectivity index (χ2v) is 6.53. The van der Waals surface area contributed by atoms with Crippen molar-refractivity contribution in [2.75, 3.05) is 25.6 Å². The molecule has 0 saturated carbocycles. The van der Waals surface area contributed by atoms with Crippen LogP contribution >= 0.6 is 11.3 Å². The second kappa shape index (κ2) is 13.6. The Bertz CT molecular complexity index is 1040. The summed E-state index contributed by atoms with van der Waals surface area (Å²) in [6.45, 7) is 13.2. The Kier molecular flexibility index (Phi) is 11.5. The summed E-state index contributed by atoms with van der Waals surface area (Å²) in [6.07, 6.45) is 9.61. The zero-order chi connectivity index (χ0) is 22.5. The summed E-state index contributed by atoms with van der Waals surface area (Å²) in [5.41, 5.74) is 1.31. The second-order valence-electron chi connectivity index (χ2n) is 5.53. The van der Waals surface area contributed by atoms with E-state index >= 15 is 0 Å². The van der Waals surface area contributed by atoms with Crippen LogP contribution in [0.25, 0.3) is 26.1 Å². The van der Waals surface area contributed by atoms with E-state index in [0.29, 0.717) is 22.6 Å². The van der Waals surface area contributed by atoms with Gasteiger partial charge in [-0.05, 0) is 19.4 Å². The van der Waals surface area contributed by atoms with Crippen molar-refractivity contribution in [1.29, 1.82) is 0 Å². The van der Waals surface area contributed by atoms with Crippen LogP contribution in [-0.4, -0.2) is 39.8 Å². The van der Waals surface area contributed by atoms with E-state index in [9.17, 15) is 4.79 Å². The number of fused-ring (bicyclic) bond motifs is 3. The van der Waals surface area contributed by atoms with Crippen LogP contribution in [0.3, 0.4) is 0 Å². The number of anilines is 1. The van der Waals surface area contributed by atoms with E-state index in [2.05, 4.69) is 20.3 Å². The monoisotopic (exact) mass is 431 g/mol. The quantitative estimate of drug-likeness (QED) is 0.509. The summed E-state index contributed by atoms with van der Waals surface area (Å²) in [5, 5.41) is 4.01. The molecular formula is C22H33N5O2S. The molecule has 3 rings (SSSR count). The van der Waals surface area contributed by atoms with Crippen LogP contribution in [-0.2, 0) is 4.74 Å². The smallest absolute Gasteiger partial charge is 0.275 e. The highest BCUT2D eigenvalue weighted by Crippen LogP contribution is 2.32. The molecule has 0 atom stereocenters. The van der Waals surface area contributed by atoms with Crippen LogP contribution in [0.2, 0.25) is 0 Å². The number of nitrogens with zero attached hydrogens (tertiary/aromatic N) is 4. The number of hydrogen-bond donors (Lipinski definition) is 1. The lowest BCUT2D eigenvalue weighted by atomic mass is 10.3. The Hall–Kier alpha value is -2.58. The van der Waals surface area contributed by atoms with Crippen molar-refractivity contribution in [3.8, 4) is 0 Å². The van der Waals surface area contributed by atoms with E-state index in [-0.39, 0.29) is 5.56 Å². The molecule has 164 valence electrons. The van der Waals surface area contributed by atoms with Crippen molar-refractivity contribution in [3.05, 3.63) is 41.2 Å². The number of methoxy groups -OCH3 is 1. The third-order valence-corrected chi connectivity index (χ3v) is 4.84. The van der Waals surface area contributed by atoms with Gasteiger partial charge in [-0.1, -0.05) is 46.8 Å². The number of allylic oxidation sites excluding steroid dienone is 3. The summed E-state index contributed by atoms with van der Waals surface area (Å²) >= 11 is 1.34. The Morgan fingerprint density at radius 3 is 2.57 bits per heavy atom. The van der Waals surface area contributed by atoms with Gasteiger partial charge in [-0.3, -0.25) is 9.36 Å². The van der Waals surface area contributed by atoms with Crippen LogP contribution in [0.1, 0.15) is 48.0 Å². The zero-order valence-electron chi connectivity index (χ0n) is 19.0. The van der Waals surface area contributed by atoms with Gasteiger partial charge in [0.2, 0.25) is 0 Å². The summed E-state index contributed by atoms with van der Waals surface area (Å²) in [5.74, 6) is 0.706. The van der Waals surface area contributed by atoms with Crippen LogP contribution in [0, 0.1) is 0 Å². The fourth-order valence-corrected chi connectivity index (χ4v) is 3.70. The Morgan fingerprint density at radius 2 is 1.93 bits per heavy atom. The minimum Gasteiger partial charge on any atom is -0.381 e. The summed E-state index contributed by atoms with van der Waals surface area (Å²) in [7, 11) is 1.63. The molecule has 0 aliphatic heterocycles. The van der Waals surface area contributed by atoms with Gasteiger partial charge in [0.15, 0.2) is 0 Å². The Balaban J connectivity index is 0.00000106. The van der Waals surface area contributed by atoms with Crippen molar-refractivity contribution < 1.29 is 4.74 Å². The van der Waals surface area contributed by atoms with Crippen LogP contribution in [0.15, 0.2) is 35.7 Å². The molecule has 0 unspecified atom stereocenters. The molecule has 30 heavy (non-hydrogen) atoms. The van der Waals surface area contributed by atoms with Crippen LogP contribution in [0.4, 0.5) is 5.82 Å². The summed E-state index contributed by atoms with van der Waals surface area (Å²) < 4.78 is 7.18. The molecule has 0 fully saturated rings. The van der Waals surface area contributed by atoms with Crippen molar-refractivity contribution in [1.82, 2.24) is 19.5 Å². The topological polar surface area (TPSA) is 81.9 Å². The van der Waals surface area contributed by atoms with Gasteiger partial charge in [0.1, 0.15) is 33.5 Å². The van der Waals surface area contributed by atoms with Gasteiger partial charge in [-0.15, -0.1) is 11.3 Å². The predicted octanol–water partition coefficient (Wildman–Crippen LogP) is 5.34. The zero-order valence-corrected chi connectivity index (χ0v) is 19.8. The molecule has 0 saturated heterocycles. The van der Waals surface area contributed by atoms with Gasteiger partial charge >= 0.3 is 0 Å². The molecule has 3 aromatic heterocycles. The van der Waals surface area contributed by atoms with Crippen molar-refractivity contribution in [3.63, 3.8) is 0 Å². The number of nitrogens with one attached hydrogen (secondary N) is 1. The van der Waals surface area contributed by atoms with E-state index in [1.54, 1.807) is 18.0 Å². The SMILES string of the molecule is CC.CC.CC/C=C(\C=C/COC)n1cnc2c(sc3ncnc(NCC)c32)c1=O. The van der Waals surface area contributed by atoms with Crippen LogP contribution in [0.5, 0.6) is 0 Å². The molecule has 8 heteroatoms. The molecular weight excluding hydrogens is 398 g/mol. The van der Waals surface area contributed by atoms with E-state index in [1.807, 2.05) is 59.8 Å². The third-order valence-electron chi connectivity index (χ3n) is 3.77. The predicted molar refractivity (Wildman–Crippen MR) is 129 cm³/mol. The minimum absolute atomic E-state index is 0.109. The van der Waals surface area contributed by atoms with Crippen molar-refractivity contribution in [2.24, 2.45) is 0 Å². The Labute approximate surface area is 182 Å². The third kappa shape index (κ3) is 5.73. The molecule has 0 amide bonds. The maximum absolute atomic E-state index is 13.1. The highest BCUT2D eigenvalue weighted by molar-refractivity contribution is 7.25. The first-order valence-corrected chi connectivity index (χ1v) is 11.3. The van der Waals surface area contributed by atoms with Crippen molar-refractivity contribution >= 4 is 43.3 Å². The largest absolute Gasteiger partial charge is 0.381 e. The molecule has 0 aliphatic carbocycles. The molecule has 3 aromatic rings. The average molecular weight is 432 g/mol. The lowest BCUT2D eigenvalue weighted by Crippen LogP contribution is -2.18. The molecule has 3 heterocycles. The molecule has 0 radical (unpaired) electrons. The van der Waals surface area contributed by atoms with Gasteiger partial charge in [-0.25, -0.2) is 15.0 Å². The van der Waals surface area contributed by atoms with Gasteiger partial charge in [0.05, 0.1) is 12.0 Å². The lowest BCUT2D eigenvalue weighted by Gasteiger charge is -2.07. The maximum Gasteiger partial charge on any atom is 0.275 e.